The van der Waals surface area contributed by atoms with Crippen LogP contribution in [0, 0.1) is 6.92 Å². The van der Waals surface area contributed by atoms with E-state index in [1.54, 1.807) is 45.4 Å². The zero-order valence-corrected chi connectivity index (χ0v) is 17.4. The molecule has 2 N–H and O–H groups in total. The van der Waals surface area contributed by atoms with Gasteiger partial charge in [0.1, 0.15) is 31.1 Å². The van der Waals surface area contributed by atoms with Crippen LogP contribution < -0.4 is 19.8 Å². The predicted molar refractivity (Wildman–Crippen MR) is 113 cm³/mol. The molecule has 3 aromatic rings. The summed E-state index contributed by atoms with van der Waals surface area (Å²) < 4.78 is 22.2. The summed E-state index contributed by atoms with van der Waals surface area (Å²) >= 11 is 0. The van der Waals surface area contributed by atoms with E-state index in [1.807, 2.05) is 6.07 Å². The van der Waals surface area contributed by atoms with Gasteiger partial charge >= 0.3 is 0 Å². The van der Waals surface area contributed by atoms with E-state index in [0.29, 0.717) is 64.7 Å². The first-order valence-corrected chi connectivity index (χ1v) is 9.95. The number of benzene rings is 2. The normalized spacial score (nSPS) is 14.8. The third-order valence-electron chi connectivity index (χ3n) is 5.61. The molecular formula is C23H26NO6+. The summed E-state index contributed by atoms with van der Waals surface area (Å²) in [5, 5.41) is 10.9. The maximum atomic E-state index is 13.4. The van der Waals surface area contributed by atoms with Gasteiger partial charge in [-0.2, -0.15) is 0 Å². The van der Waals surface area contributed by atoms with Gasteiger partial charge in [0.25, 0.3) is 0 Å². The molecule has 1 aromatic heterocycles. The van der Waals surface area contributed by atoms with Gasteiger partial charge in [-0.25, -0.2) is 0 Å². The van der Waals surface area contributed by atoms with Crippen LogP contribution in [0.15, 0.2) is 39.5 Å². The second kappa shape index (κ2) is 8.38. The van der Waals surface area contributed by atoms with Crippen molar-refractivity contribution in [2.45, 2.75) is 13.5 Å². The largest absolute Gasteiger partial charge is 0.507 e. The molecule has 1 saturated heterocycles. The molecule has 0 unspecified atom stereocenters. The topological polar surface area (TPSA) is 82.6 Å². The third kappa shape index (κ3) is 3.62. The fraction of sp³-hybridized carbons (Fsp3) is 0.348. The number of hydrogen-bond donors (Lipinski definition) is 2. The summed E-state index contributed by atoms with van der Waals surface area (Å²) in [5.74, 6) is 1.76. The lowest BCUT2D eigenvalue weighted by Crippen LogP contribution is -3.12. The minimum Gasteiger partial charge on any atom is -0.507 e. The van der Waals surface area contributed by atoms with E-state index in [0.717, 1.165) is 13.1 Å². The van der Waals surface area contributed by atoms with Crippen molar-refractivity contribution >= 4 is 11.0 Å². The van der Waals surface area contributed by atoms with Crippen molar-refractivity contribution in [2.75, 3.05) is 40.5 Å². The Labute approximate surface area is 174 Å². The van der Waals surface area contributed by atoms with E-state index in [2.05, 4.69) is 0 Å². The minimum absolute atomic E-state index is 0.140. The fourth-order valence-corrected chi connectivity index (χ4v) is 4.00. The van der Waals surface area contributed by atoms with Gasteiger partial charge in [0.2, 0.25) is 5.43 Å². The molecule has 0 radical (unpaired) electrons. The molecule has 2 heterocycles. The van der Waals surface area contributed by atoms with Crippen LogP contribution >= 0.6 is 0 Å². The van der Waals surface area contributed by atoms with Crippen LogP contribution in [0.2, 0.25) is 0 Å². The summed E-state index contributed by atoms with van der Waals surface area (Å²) in [6, 6.07) is 8.54. The van der Waals surface area contributed by atoms with Crippen LogP contribution in [-0.2, 0) is 11.3 Å². The Morgan fingerprint density at radius 1 is 1.07 bits per heavy atom. The van der Waals surface area contributed by atoms with Crippen LogP contribution in [0.25, 0.3) is 22.1 Å². The monoisotopic (exact) mass is 412 g/mol. The Hall–Kier alpha value is -3.03. The summed E-state index contributed by atoms with van der Waals surface area (Å²) in [7, 11) is 3.12. The lowest BCUT2D eigenvalue weighted by atomic mass is 10.00. The van der Waals surface area contributed by atoms with Crippen molar-refractivity contribution in [1.82, 2.24) is 0 Å². The molecule has 30 heavy (non-hydrogen) atoms. The second-order valence-corrected chi connectivity index (χ2v) is 7.41. The number of phenols is 1. The number of rotatable bonds is 5. The van der Waals surface area contributed by atoms with Gasteiger partial charge in [-0.15, -0.1) is 0 Å². The Kier molecular flexibility index (Phi) is 5.65. The second-order valence-electron chi connectivity index (χ2n) is 7.41. The Balaban J connectivity index is 1.85. The molecule has 1 aliphatic heterocycles. The van der Waals surface area contributed by atoms with Gasteiger partial charge in [-0.3, -0.25) is 4.79 Å². The molecule has 1 fully saturated rings. The molecule has 0 aliphatic carbocycles. The number of phenolic OH excluding ortho intramolecular Hbond substituents is 1. The molecule has 158 valence electrons. The number of hydrogen-bond acceptors (Lipinski definition) is 6. The standard InChI is InChI=1S/C23H25NO6/c1-14-21(15-4-7-19(27-2)20(12-15)28-3)22(26)16-5-6-18(25)17(23(16)30-14)13-24-8-10-29-11-9-24/h4-7,12,25H,8-11,13H2,1-3H3/p+1. The quantitative estimate of drug-likeness (QED) is 0.666. The number of quaternary nitrogens is 1. The summed E-state index contributed by atoms with van der Waals surface area (Å²) in [5.41, 5.74) is 2.12. The maximum absolute atomic E-state index is 13.4. The highest BCUT2D eigenvalue weighted by Gasteiger charge is 2.23. The van der Waals surface area contributed by atoms with E-state index in [4.69, 9.17) is 18.6 Å². The van der Waals surface area contributed by atoms with Crippen LogP contribution in [0.3, 0.4) is 0 Å². The highest BCUT2D eigenvalue weighted by atomic mass is 16.5. The molecule has 7 heteroatoms. The number of ether oxygens (including phenoxy) is 3. The fourth-order valence-electron chi connectivity index (χ4n) is 4.00. The molecule has 2 aromatic carbocycles. The molecule has 0 atom stereocenters. The lowest BCUT2D eigenvalue weighted by Gasteiger charge is -2.24. The molecule has 7 nitrogen and oxygen atoms in total. The van der Waals surface area contributed by atoms with Gasteiger partial charge in [-0.1, -0.05) is 6.07 Å². The van der Waals surface area contributed by atoms with E-state index >= 15 is 0 Å². The van der Waals surface area contributed by atoms with E-state index < -0.39 is 0 Å². The molecule has 0 bridgehead atoms. The van der Waals surface area contributed by atoms with Crippen LogP contribution in [0.4, 0.5) is 0 Å². The Morgan fingerprint density at radius 2 is 1.80 bits per heavy atom. The average molecular weight is 412 g/mol. The number of fused-ring (bicyclic) bond motifs is 1. The molecule has 0 amide bonds. The Morgan fingerprint density at radius 3 is 2.50 bits per heavy atom. The molecular weight excluding hydrogens is 386 g/mol. The van der Waals surface area contributed by atoms with E-state index in [-0.39, 0.29) is 11.2 Å². The Bertz CT molecular complexity index is 1130. The SMILES string of the molecule is COc1ccc(-c2c(C)oc3c(C[NH+]4CCOCC4)c(O)ccc3c2=O)cc1OC. The number of morpholine rings is 1. The van der Waals surface area contributed by atoms with Crippen molar-refractivity contribution in [3.8, 4) is 28.4 Å². The summed E-state index contributed by atoms with van der Waals surface area (Å²) in [6.45, 7) is 5.42. The lowest BCUT2D eigenvalue weighted by molar-refractivity contribution is -0.921. The number of nitrogens with one attached hydrogen (secondary N) is 1. The highest BCUT2D eigenvalue weighted by molar-refractivity contribution is 5.86. The van der Waals surface area contributed by atoms with Gasteiger partial charge in [0.15, 0.2) is 17.1 Å². The number of methoxy groups -OCH3 is 2. The average Bonchev–Trinajstić information content (AvgIpc) is 2.76. The number of aromatic hydroxyl groups is 1. The van der Waals surface area contributed by atoms with Crippen molar-refractivity contribution in [1.29, 1.82) is 0 Å². The first-order chi connectivity index (χ1) is 14.5. The maximum Gasteiger partial charge on any atom is 0.200 e. The zero-order valence-electron chi connectivity index (χ0n) is 17.4. The van der Waals surface area contributed by atoms with Gasteiger partial charge < -0.3 is 28.6 Å². The number of aryl methyl sites for hydroxylation is 1. The van der Waals surface area contributed by atoms with Gasteiger partial charge in [0.05, 0.1) is 43.9 Å². The minimum atomic E-state index is -0.140. The van der Waals surface area contributed by atoms with Crippen molar-refractivity contribution in [2.24, 2.45) is 0 Å². The molecule has 0 saturated carbocycles. The summed E-state index contributed by atoms with van der Waals surface area (Å²) in [6.07, 6.45) is 0. The molecule has 1 aliphatic rings. The van der Waals surface area contributed by atoms with Crippen molar-refractivity contribution in [3.05, 3.63) is 51.9 Å². The van der Waals surface area contributed by atoms with E-state index in [9.17, 15) is 9.90 Å². The van der Waals surface area contributed by atoms with Crippen LogP contribution in [0.5, 0.6) is 17.2 Å². The first-order valence-electron chi connectivity index (χ1n) is 9.95. The zero-order chi connectivity index (χ0) is 21.3. The van der Waals surface area contributed by atoms with Gasteiger partial charge in [-0.05, 0) is 36.8 Å². The summed E-state index contributed by atoms with van der Waals surface area (Å²) in [4.78, 5) is 14.7. The van der Waals surface area contributed by atoms with Crippen LogP contribution in [0.1, 0.15) is 11.3 Å². The third-order valence-corrected chi connectivity index (χ3v) is 5.61. The van der Waals surface area contributed by atoms with Crippen molar-refractivity contribution < 1.29 is 28.6 Å². The van der Waals surface area contributed by atoms with E-state index in [1.165, 1.54) is 4.90 Å². The first kappa shape index (κ1) is 20.3. The highest BCUT2D eigenvalue weighted by Crippen LogP contribution is 2.34. The van der Waals surface area contributed by atoms with Gasteiger partial charge in [0, 0.05) is 0 Å². The smallest absolute Gasteiger partial charge is 0.200 e. The molecule has 4 rings (SSSR count). The van der Waals surface area contributed by atoms with Crippen molar-refractivity contribution in [3.63, 3.8) is 0 Å². The predicted octanol–water partition coefficient (Wildman–Crippen LogP) is 1.91. The van der Waals surface area contributed by atoms with Crippen LogP contribution in [-0.4, -0.2) is 45.6 Å². The molecule has 0 spiro atoms.